The largest absolute Gasteiger partial charge is 0.378 e. The number of ether oxygens (including phenoxy) is 1. The van der Waals surface area contributed by atoms with E-state index in [4.69, 9.17) is 10.00 Å². The van der Waals surface area contributed by atoms with Gasteiger partial charge in [0.25, 0.3) is 0 Å². The predicted octanol–water partition coefficient (Wildman–Crippen LogP) is 4.52. The number of anilines is 3. The summed E-state index contributed by atoms with van der Waals surface area (Å²) in [5.41, 5.74) is 4.11. The second kappa shape index (κ2) is 11.0. The number of nitrogens with zero attached hydrogens (tertiary/aromatic N) is 6. The maximum atomic E-state index is 8.80. The van der Waals surface area contributed by atoms with Crippen LogP contribution in [0, 0.1) is 11.3 Å². The van der Waals surface area contributed by atoms with E-state index in [0.29, 0.717) is 12.4 Å². The van der Waals surface area contributed by atoms with Gasteiger partial charge in [0.2, 0.25) is 5.95 Å². The van der Waals surface area contributed by atoms with Gasteiger partial charge in [0.15, 0.2) is 0 Å². The van der Waals surface area contributed by atoms with Crippen molar-refractivity contribution in [3.8, 4) is 6.07 Å². The predicted molar refractivity (Wildman–Crippen MR) is 136 cm³/mol. The highest BCUT2D eigenvalue weighted by Crippen LogP contribution is 2.27. The molecule has 35 heavy (non-hydrogen) atoms. The van der Waals surface area contributed by atoms with Crippen molar-refractivity contribution in [2.24, 2.45) is 0 Å². The van der Waals surface area contributed by atoms with Crippen LogP contribution in [0.15, 0.2) is 83.2 Å². The summed E-state index contributed by atoms with van der Waals surface area (Å²) in [6.45, 7) is 4.10. The van der Waals surface area contributed by atoms with Crippen LogP contribution in [-0.2, 0) is 17.7 Å². The first-order valence-electron chi connectivity index (χ1n) is 11.4. The summed E-state index contributed by atoms with van der Waals surface area (Å²) in [7, 11) is 0. The second-order valence-corrected chi connectivity index (χ2v) is 9.20. The van der Waals surface area contributed by atoms with Gasteiger partial charge in [0.05, 0.1) is 37.7 Å². The quantitative estimate of drug-likeness (QED) is 0.366. The lowest BCUT2D eigenvalue weighted by Gasteiger charge is -2.28. The standard InChI is InChI=1S/C26H25N7OS/c27-11-9-22-18-32(19-29-22)17-20-1-7-24(8-2-20)35-25-10-12-28-26(31-25)30-21-3-5-23(6-4-21)33-13-15-34-16-14-33/h1-8,10,12,18-19H,9,13-17H2,(H,28,30,31). The van der Waals surface area contributed by atoms with E-state index in [9.17, 15) is 0 Å². The monoisotopic (exact) mass is 483 g/mol. The van der Waals surface area contributed by atoms with E-state index in [-0.39, 0.29) is 0 Å². The smallest absolute Gasteiger partial charge is 0.228 e. The summed E-state index contributed by atoms with van der Waals surface area (Å²) in [6.07, 6.45) is 5.78. The normalized spacial score (nSPS) is 13.4. The molecule has 5 rings (SSSR count). The molecule has 0 aliphatic carbocycles. The SMILES string of the molecule is N#CCc1cn(Cc2ccc(Sc3ccnc(Nc4ccc(N5CCOCC5)cc4)n3)cc2)cn1. The van der Waals surface area contributed by atoms with Crippen molar-refractivity contribution in [2.75, 3.05) is 36.5 Å². The molecule has 0 atom stereocenters. The Morgan fingerprint density at radius 1 is 1.00 bits per heavy atom. The van der Waals surface area contributed by atoms with Gasteiger partial charge in [-0.2, -0.15) is 5.26 Å². The average molecular weight is 484 g/mol. The van der Waals surface area contributed by atoms with E-state index in [1.165, 1.54) is 11.3 Å². The summed E-state index contributed by atoms with van der Waals surface area (Å²) >= 11 is 1.59. The molecule has 1 aliphatic heterocycles. The molecule has 0 radical (unpaired) electrons. The van der Waals surface area contributed by atoms with E-state index < -0.39 is 0 Å². The fourth-order valence-electron chi connectivity index (χ4n) is 3.83. The summed E-state index contributed by atoms with van der Waals surface area (Å²) in [5, 5.41) is 13.0. The number of hydrogen-bond donors (Lipinski definition) is 1. The molecule has 1 N–H and O–H groups in total. The van der Waals surface area contributed by atoms with Crippen molar-refractivity contribution < 1.29 is 4.74 Å². The fraction of sp³-hybridized carbons (Fsp3) is 0.231. The minimum atomic E-state index is 0.331. The Labute approximate surface area is 208 Å². The third kappa shape index (κ3) is 6.18. The van der Waals surface area contributed by atoms with Gasteiger partial charge in [0.1, 0.15) is 5.03 Å². The van der Waals surface area contributed by atoms with Crippen LogP contribution >= 0.6 is 11.8 Å². The zero-order valence-electron chi connectivity index (χ0n) is 19.2. The molecule has 2 aromatic heterocycles. The van der Waals surface area contributed by atoms with Crippen molar-refractivity contribution >= 4 is 29.1 Å². The van der Waals surface area contributed by atoms with Gasteiger partial charge in [-0.1, -0.05) is 23.9 Å². The molecule has 8 nitrogen and oxygen atoms in total. The first kappa shape index (κ1) is 22.9. The highest BCUT2D eigenvalue weighted by molar-refractivity contribution is 7.99. The van der Waals surface area contributed by atoms with Crippen molar-refractivity contribution in [1.29, 1.82) is 5.26 Å². The lowest BCUT2D eigenvalue weighted by molar-refractivity contribution is 0.122. The summed E-state index contributed by atoms with van der Waals surface area (Å²) < 4.78 is 7.42. The van der Waals surface area contributed by atoms with Gasteiger partial charge in [-0.25, -0.2) is 15.0 Å². The van der Waals surface area contributed by atoms with Crippen LogP contribution in [0.4, 0.5) is 17.3 Å². The van der Waals surface area contributed by atoms with Crippen molar-refractivity contribution in [2.45, 2.75) is 22.9 Å². The van der Waals surface area contributed by atoms with Gasteiger partial charge in [-0.15, -0.1) is 0 Å². The Hall–Kier alpha value is -3.87. The maximum absolute atomic E-state index is 8.80. The van der Waals surface area contributed by atoms with Gasteiger partial charge in [0, 0.05) is 48.3 Å². The fourth-order valence-corrected chi connectivity index (χ4v) is 4.60. The van der Waals surface area contributed by atoms with Crippen LogP contribution in [0.25, 0.3) is 0 Å². The van der Waals surface area contributed by atoms with E-state index in [1.54, 1.807) is 24.3 Å². The van der Waals surface area contributed by atoms with Crippen LogP contribution < -0.4 is 10.2 Å². The minimum Gasteiger partial charge on any atom is -0.378 e. The number of nitrogens with one attached hydrogen (secondary N) is 1. The van der Waals surface area contributed by atoms with Crippen LogP contribution in [0.1, 0.15) is 11.3 Å². The molecule has 0 amide bonds. The molecule has 4 aromatic rings. The molecular formula is C26H25N7OS. The first-order chi connectivity index (χ1) is 17.2. The van der Waals surface area contributed by atoms with Crippen LogP contribution in [0.3, 0.4) is 0 Å². The summed E-state index contributed by atoms with van der Waals surface area (Å²) in [4.78, 5) is 16.7. The lowest BCUT2D eigenvalue weighted by Crippen LogP contribution is -2.36. The highest BCUT2D eigenvalue weighted by Gasteiger charge is 2.11. The third-order valence-corrected chi connectivity index (χ3v) is 6.53. The Bertz CT molecular complexity index is 1290. The molecule has 1 fully saturated rings. The summed E-state index contributed by atoms with van der Waals surface area (Å²) in [6, 6.07) is 20.7. The number of aromatic nitrogens is 4. The molecular weight excluding hydrogens is 458 g/mol. The number of rotatable bonds is 8. The number of hydrogen-bond acceptors (Lipinski definition) is 8. The number of benzene rings is 2. The zero-order valence-corrected chi connectivity index (χ0v) is 20.0. The molecule has 0 unspecified atom stereocenters. The molecule has 1 saturated heterocycles. The van der Waals surface area contributed by atoms with Crippen molar-refractivity contribution in [3.63, 3.8) is 0 Å². The minimum absolute atomic E-state index is 0.331. The van der Waals surface area contributed by atoms with Crippen LogP contribution in [0.5, 0.6) is 0 Å². The Morgan fingerprint density at radius 3 is 2.57 bits per heavy atom. The Kier molecular flexibility index (Phi) is 7.22. The molecule has 176 valence electrons. The van der Waals surface area contributed by atoms with Gasteiger partial charge in [-0.3, -0.25) is 0 Å². The molecule has 9 heteroatoms. The number of imidazole rings is 1. The Balaban J connectivity index is 1.18. The maximum Gasteiger partial charge on any atom is 0.228 e. The van der Waals surface area contributed by atoms with Gasteiger partial charge in [-0.05, 0) is 48.0 Å². The lowest BCUT2D eigenvalue weighted by atomic mass is 10.2. The van der Waals surface area contributed by atoms with E-state index in [1.807, 2.05) is 16.8 Å². The third-order valence-electron chi connectivity index (χ3n) is 5.59. The van der Waals surface area contributed by atoms with Crippen molar-refractivity contribution in [1.82, 2.24) is 19.5 Å². The molecule has 1 aliphatic rings. The van der Waals surface area contributed by atoms with Gasteiger partial charge < -0.3 is 19.5 Å². The zero-order chi connectivity index (χ0) is 23.9. The van der Waals surface area contributed by atoms with Crippen LogP contribution in [0.2, 0.25) is 0 Å². The molecule has 3 heterocycles. The first-order valence-corrected chi connectivity index (χ1v) is 12.2. The second-order valence-electron chi connectivity index (χ2n) is 8.11. The molecule has 0 saturated carbocycles. The molecule has 0 spiro atoms. The van der Waals surface area contributed by atoms with Crippen molar-refractivity contribution in [3.05, 3.63) is 84.6 Å². The van der Waals surface area contributed by atoms with Crippen LogP contribution in [-0.4, -0.2) is 45.8 Å². The highest BCUT2D eigenvalue weighted by atomic mass is 32.2. The summed E-state index contributed by atoms with van der Waals surface area (Å²) in [5.74, 6) is 0.569. The van der Waals surface area contributed by atoms with Gasteiger partial charge >= 0.3 is 0 Å². The molecule has 2 aromatic carbocycles. The van der Waals surface area contributed by atoms with E-state index in [2.05, 4.69) is 79.8 Å². The Morgan fingerprint density at radius 2 is 1.80 bits per heavy atom. The van der Waals surface area contributed by atoms with E-state index in [0.717, 1.165) is 54.2 Å². The topological polar surface area (TPSA) is 91.9 Å². The average Bonchev–Trinajstić information content (AvgIpc) is 3.33. The van der Waals surface area contributed by atoms with E-state index >= 15 is 0 Å². The molecule has 0 bridgehead atoms. The number of morpholine rings is 1. The number of nitriles is 1.